The van der Waals surface area contributed by atoms with Gasteiger partial charge in [-0.3, -0.25) is 4.90 Å². The van der Waals surface area contributed by atoms with Crippen LogP contribution < -0.4 is 4.90 Å². The highest BCUT2D eigenvalue weighted by Crippen LogP contribution is 2.30. The number of hydrogen-bond donors (Lipinski definition) is 0. The number of anilines is 1. The van der Waals surface area contributed by atoms with Crippen LogP contribution in [-0.4, -0.2) is 36.6 Å². The Hall–Kier alpha value is -0.800. The number of fused-ring (bicyclic) bond motifs is 1. The maximum absolute atomic E-state index is 14.1. The second-order valence-corrected chi connectivity index (χ2v) is 6.18. The monoisotopic (exact) mass is 282 g/mol. The van der Waals surface area contributed by atoms with Crippen LogP contribution in [0.2, 0.25) is 5.02 Å². The van der Waals surface area contributed by atoms with Crippen LogP contribution in [0.3, 0.4) is 0 Å². The summed E-state index contributed by atoms with van der Waals surface area (Å²) in [5, 5.41) is 0.463. The molecule has 2 saturated heterocycles. The summed E-state index contributed by atoms with van der Waals surface area (Å²) in [5.74, 6) is -0.205. The molecule has 2 heterocycles. The standard InChI is InChI=1S/C15H20ClFN2/c1-11-9-18-7-3-2-4-13(18)10-19(11)15-6-5-12(16)8-14(15)17/h5-6,8,11,13H,2-4,7,9-10H2,1H3. The van der Waals surface area contributed by atoms with Crippen LogP contribution >= 0.6 is 11.6 Å². The van der Waals surface area contributed by atoms with Crippen molar-refractivity contribution in [2.75, 3.05) is 24.5 Å². The first-order valence-electron chi connectivity index (χ1n) is 7.11. The lowest BCUT2D eigenvalue weighted by Crippen LogP contribution is -2.59. The van der Waals surface area contributed by atoms with Crippen LogP contribution in [0.15, 0.2) is 18.2 Å². The Balaban J connectivity index is 1.83. The number of benzene rings is 1. The summed E-state index contributed by atoms with van der Waals surface area (Å²) in [6, 6.07) is 5.94. The zero-order valence-corrected chi connectivity index (χ0v) is 12.0. The van der Waals surface area contributed by atoms with E-state index in [1.165, 1.54) is 31.9 Å². The minimum absolute atomic E-state index is 0.205. The minimum atomic E-state index is -0.205. The van der Waals surface area contributed by atoms with Crippen molar-refractivity contribution in [2.24, 2.45) is 0 Å². The number of nitrogens with zero attached hydrogens (tertiary/aromatic N) is 2. The normalized spacial score (nSPS) is 28.3. The molecule has 0 saturated carbocycles. The fourth-order valence-electron chi connectivity index (χ4n) is 3.40. The van der Waals surface area contributed by atoms with E-state index in [1.807, 2.05) is 6.07 Å². The molecule has 0 aliphatic carbocycles. The summed E-state index contributed by atoms with van der Waals surface area (Å²) in [6.45, 7) is 5.34. The molecule has 2 fully saturated rings. The van der Waals surface area contributed by atoms with Crippen LogP contribution in [0.1, 0.15) is 26.2 Å². The van der Waals surface area contributed by atoms with E-state index in [0.717, 1.165) is 13.1 Å². The Morgan fingerprint density at radius 3 is 2.89 bits per heavy atom. The molecule has 0 aromatic heterocycles. The summed E-state index contributed by atoms with van der Waals surface area (Å²) in [7, 11) is 0. The van der Waals surface area contributed by atoms with Crippen molar-refractivity contribution in [2.45, 2.75) is 38.3 Å². The molecule has 104 valence electrons. The number of piperidine rings is 1. The molecule has 1 aromatic rings. The lowest BCUT2D eigenvalue weighted by atomic mass is 9.96. The lowest BCUT2D eigenvalue weighted by Gasteiger charge is -2.48. The van der Waals surface area contributed by atoms with Gasteiger partial charge in [-0.15, -0.1) is 0 Å². The Morgan fingerprint density at radius 1 is 1.26 bits per heavy atom. The smallest absolute Gasteiger partial charge is 0.147 e. The Morgan fingerprint density at radius 2 is 2.11 bits per heavy atom. The topological polar surface area (TPSA) is 6.48 Å². The van der Waals surface area contributed by atoms with Gasteiger partial charge in [-0.2, -0.15) is 0 Å². The predicted molar refractivity (Wildman–Crippen MR) is 77.4 cm³/mol. The summed E-state index contributed by atoms with van der Waals surface area (Å²) >= 11 is 5.84. The number of hydrogen-bond acceptors (Lipinski definition) is 2. The van der Waals surface area contributed by atoms with Gasteiger partial charge in [0, 0.05) is 30.2 Å². The third-order valence-electron chi connectivity index (χ3n) is 4.41. The molecule has 0 radical (unpaired) electrons. The van der Waals surface area contributed by atoms with Crippen LogP contribution in [0.25, 0.3) is 0 Å². The molecule has 19 heavy (non-hydrogen) atoms. The Labute approximate surface area is 119 Å². The second-order valence-electron chi connectivity index (χ2n) is 5.74. The molecule has 4 heteroatoms. The minimum Gasteiger partial charge on any atom is -0.364 e. The van der Waals surface area contributed by atoms with Gasteiger partial charge in [0.2, 0.25) is 0 Å². The molecule has 1 aromatic carbocycles. The summed E-state index contributed by atoms with van der Waals surface area (Å²) in [5.41, 5.74) is 0.696. The highest BCUT2D eigenvalue weighted by Gasteiger charge is 2.33. The molecule has 3 rings (SSSR count). The van der Waals surface area contributed by atoms with E-state index in [9.17, 15) is 4.39 Å². The molecule has 0 bridgehead atoms. The lowest BCUT2D eigenvalue weighted by molar-refractivity contribution is 0.115. The predicted octanol–water partition coefficient (Wildman–Crippen LogP) is 3.54. The first-order valence-corrected chi connectivity index (χ1v) is 7.48. The van der Waals surface area contributed by atoms with Crippen molar-refractivity contribution in [1.29, 1.82) is 0 Å². The van der Waals surface area contributed by atoms with Gasteiger partial charge in [0.1, 0.15) is 5.82 Å². The van der Waals surface area contributed by atoms with E-state index >= 15 is 0 Å². The third kappa shape index (κ3) is 2.59. The fraction of sp³-hybridized carbons (Fsp3) is 0.600. The zero-order valence-electron chi connectivity index (χ0n) is 11.3. The summed E-state index contributed by atoms with van der Waals surface area (Å²) in [4.78, 5) is 4.77. The fourth-order valence-corrected chi connectivity index (χ4v) is 3.56. The van der Waals surface area contributed by atoms with Gasteiger partial charge in [-0.25, -0.2) is 4.39 Å². The number of rotatable bonds is 1. The highest BCUT2D eigenvalue weighted by molar-refractivity contribution is 6.30. The van der Waals surface area contributed by atoms with Gasteiger partial charge in [0.05, 0.1) is 5.69 Å². The van der Waals surface area contributed by atoms with E-state index in [0.29, 0.717) is 22.8 Å². The Bertz CT molecular complexity index is 465. The third-order valence-corrected chi connectivity index (χ3v) is 4.64. The molecule has 0 spiro atoms. The molecule has 0 N–H and O–H groups in total. The van der Waals surface area contributed by atoms with Crippen LogP contribution in [0.5, 0.6) is 0 Å². The number of piperazine rings is 1. The quantitative estimate of drug-likeness (QED) is 0.777. The van der Waals surface area contributed by atoms with Gasteiger partial charge < -0.3 is 4.90 Å². The average molecular weight is 283 g/mol. The molecule has 2 aliphatic rings. The zero-order chi connectivity index (χ0) is 13.4. The van der Waals surface area contributed by atoms with Crippen molar-refractivity contribution >= 4 is 17.3 Å². The van der Waals surface area contributed by atoms with Crippen molar-refractivity contribution in [1.82, 2.24) is 4.90 Å². The first-order chi connectivity index (χ1) is 9.15. The van der Waals surface area contributed by atoms with Crippen LogP contribution in [-0.2, 0) is 0 Å². The van der Waals surface area contributed by atoms with Crippen molar-refractivity contribution in [3.8, 4) is 0 Å². The molecule has 2 unspecified atom stereocenters. The average Bonchev–Trinajstić information content (AvgIpc) is 2.38. The van der Waals surface area contributed by atoms with E-state index in [2.05, 4.69) is 16.7 Å². The summed E-state index contributed by atoms with van der Waals surface area (Å²) in [6.07, 6.45) is 3.84. The maximum Gasteiger partial charge on any atom is 0.147 e. The van der Waals surface area contributed by atoms with E-state index in [4.69, 9.17) is 11.6 Å². The molecule has 2 atom stereocenters. The van der Waals surface area contributed by atoms with Gasteiger partial charge in [-0.05, 0) is 44.5 Å². The molecule has 2 aliphatic heterocycles. The van der Waals surface area contributed by atoms with Crippen molar-refractivity contribution < 1.29 is 4.39 Å². The molecular weight excluding hydrogens is 263 g/mol. The maximum atomic E-state index is 14.1. The molecular formula is C15H20ClFN2. The van der Waals surface area contributed by atoms with Gasteiger partial charge in [-0.1, -0.05) is 18.0 Å². The SMILES string of the molecule is CC1CN2CCCCC2CN1c1ccc(Cl)cc1F. The van der Waals surface area contributed by atoms with E-state index in [-0.39, 0.29) is 5.82 Å². The Kier molecular flexibility index (Phi) is 3.68. The van der Waals surface area contributed by atoms with Gasteiger partial charge in [0.25, 0.3) is 0 Å². The summed E-state index contributed by atoms with van der Waals surface area (Å²) < 4.78 is 14.1. The van der Waals surface area contributed by atoms with E-state index in [1.54, 1.807) is 6.07 Å². The second kappa shape index (κ2) is 5.29. The largest absolute Gasteiger partial charge is 0.364 e. The number of halogens is 2. The first kappa shape index (κ1) is 13.2. The van der Waals surface area contributed by atoms with E-state index < -0.39 is 0 Å². The molecule has 0 amide bonds. The van der Waals surface area contributed by atoms with Crippen LogP contribution in [0.4, 0.5) is 10.1 Å². The van der Waals surface area contributed by atoms with Gasteiger partial charge in [0.15, 0.2) is 0 Å². The highest BCUT2D eigenvalue weighted by atomic mass is 35.5. The van der Waals surface area contributed by atoms with Crippen molar-refractivity contribution in [3.63, 3.8) is 0 Å². The van der Waals surface area contributed by atoms with Crippen molar-refractivity contribution in [3.05, 3.63) is 29.0 Å². The van der Waals surface area contributed by atoms with Gasteiger partial charge >= 0.3 is 0 Å². The van der Waals surface area contributed by atoms with Crippen LogP contribution in [0, 0.1) is 5.82 Å². The molecule has 2 nitrogen and oxygen atoms in total.